The summed E-state index contributed by atoms with van der Waals surface area (Å²) < 4.78 is 37.9. The number of alkyl halides is 2. The monoisotopic (exact) mass is 395 g/mol. The van der Waals surface area contributed by atoms with Gasteiger partial charge in [-0.2, -0.15) is 8.78 Å². The van der Waals surface area contributed by atoms with Crippen molar-refractivity contribution in [1.82, 2.24) is 15.0 Å². The number of aryl methyl sites for hydroxylation is 1. The molecule has 0 atom stereocenters. The van der Waals surface area contributed by atoms with Gasteiger partial charge in [0.1, 0.15) is 11.6 Å². The molecule has 0 saturated carbocycles. The minimum atomic E-state index is -3.18. The van der Waals surface area contributed by atoms with Crippen LogP contribution in [-0.2, 0) is 15.5 Å². The predicted molar refractivity (Wildman–Crippen MR) is 100 cm³/mol. The van der Waals surface area contributed by atoms with Crippen LogP contribution < -0.4 is 15.4 Å². The Labute approximate surface area is 161 Å². The molecular formula is C18H23F2N5O3. The van der Waals surface area contributed by atoms with Gasteiger partial charge in [-0.1, -0.05) is 0 Å². The molecule has 0 aromatic carbocycles. The number of methoxy groups -OCH3 is 1. The Kier molecular flexibility index (Phi) is 7.16. The van der Waals surface area contributed by atoms with Crippen LogP contribution in [0.3, 0.4) is 0 Å². The van der Waals surface area contributed by atoms with Gasteiger partial charge >= 0.3 is 5.92 Å². The Balaban J connectivity index is 2.32. The van der Waals surface area contributed by atoms with Gasteiger partial charge in [0.25, 0.3) is 0 Å². The van der Waals surface area contributed by atoms with E-state index in [0.29, 0.717) is 36.8 Å². The molecule has 28 heavy (non-hydrogen) atoms. The highest BCUT2D eigenvalue weighted by Crippen LogP contribution is 2.31. The number of rotatable bonds is 9. The van der Waals surface area contributed by atoms with Crippen molar-refractivity contribution < 1.29 is 23.0 Å². The smallest absolute Gasteiger partial charge is 0.303 e. The normalized spacial score (nSPS) is 11.2. The number of pyridine rings is 1. The number of hydrogen-bond donors (Lipinski definition) is 2. The molecule has 0 radical (unpaired) electrons. The number of aromatic nitrogens is 3. The van der Waals surface area contributed by atoms with E-state index >= 15 is 0 Å². The van der Waals surface area contributed by atoms with Crippen LogP contribution in [0, 0.1) is 6.92 Å². The average Bonchev–Trinajstić information content (AvgIpc) is 2.58. The lowest BCUT2D eigenvalue weighted by Gasteiger charge is -2.16. The number of hydrogen-bond acceptors (Lipinski definition) is 7. The molecule has 8 nitrogen and oxygen atoms in total. The summed E-state index contributed by atoms with van der Waals surface area (Å²) in [6.45, 7) is 4.58. The minimum Gasteiger partial charge on any atom is -0.490 e. The molecule has 0 bridgehead atoms. The molecule has 0 spiro atoms. The van der Waals surface area contributed by atoms with Crippen molar-refractivity contribution in [2.24, 2.45) is 0 Å². The second kappa shape index (κ2) is 9.36. The van der Waals surface area contributed by atoms with Crippen molar-refractivity contribution in [2.75, 3.05) is 31.0 Å². The second-order valence-corrected chi connectivity index (χ2v) is 6.17. The van der Waals surface area contributed by atoms with Crippen molar-refractivity contribution in [1.29, 1.82) is 0 Å². The standard InChI is InChI=1S/C18H23F2N5O3/c1-11-8-16(25-17(22-11)18(3,19)20)24-13-9-15(23-12(2)26)21-10-14(13)28-7-5-6-27-4/h8-10H,5-7H2,1-4H3,(H2,21,22,23,24,25,26). The van der Waals surface area contributed by atoms with Crippen molar-refractivity contribution in [3.8, 4) is 5.75 Å². The third kappa shape index (κ3) is 6.38. The van der Waals surface area contributed by atoms with Crippen LogP contribution in [0.1, 0.15) is 31.8 Å². The van der Waals surface area contributed by atoms with Crippen LogP contribution >= 0.6 is 0 Å². The zero-order valence-electron chi connectivity index (χ0n) is 16.2. The SMILES string of the molecule is COCCCOc1cnc(NC(C)=O)cc1Nc1cc(C)nc(C(C)(F)F)n1. The first kappa shape index (κ1) is 21.4. The fourth-order valence-corrected chi connectivity index (χ4v) is 2.26. The number of nitrogens with zero attached hydrogens (tertiary/aromatic N) is 3. The van der Waals surface area contributed by atoms with Crippen LogP contribution in [0.4, 0.5) is 26.1 Å². The highest BCUT2D eigenvalue weighted by molar-refractivity contribution is 5.88. The Morgan fingerprint density at radius 2 is 1.96 bits per heavy atom. The summed E-state index contributed by atoms with van der Waals surface area (Å²) in [4.78, 5) is 23.1. The lowest BCUT2D eigenvalue weighted by molar-refractivity contribution is -0.114. The number of carbonyl (C=O) groups excluding carboxylic acids is 1. The van der Waals surface area contributed by atoms with E-state index in [2.05, 4.69) is 25.6 Å². The van der Waals surface area contributed by atoms with E-state index in [1.165, 1.54) is 25.3 Å². The Bertz CT molecular complexity index is 827. The average molecular weight is 395 g/mol. The van der Waals surface area contributed by atoms with E-state index in [4.69, 9.17) is 9.47 Å². The van der Waals surface area contributed by atoms with Crippen LogP contribution in [0.2, 0.25) is 0 Å². The van der Waals surface area contributed by atoms with Gasteiger partial charge in [0.2, 0.25) is 11.7 Å². The van der Waals surface area contributed by atoms with E-state index in [0.717, 1.165) is 6.92 Å². The van der Waals surface area contributed by atoms with Crippen molar-refractivity contribution in [2.45, 2.75) is 33.1 Å². The molecule has 2 N–H and O–H groups in total. The van der Waals surface area contributed by atoms with Gasteiger partial charge in [0, 0.05) is 51.8 Å². The molecular weight excluding hydrogens is 372 g/mol. The van der Waals surface area contributed by atoms with E-state index in [9.17, 15) is 13.6 Å². The van der Waals surface area contributed by atoms with Crippen molar-refractivity contribution in [3.63, 3.8) is 0 Å². The maximum Gasteiger partial charge on any atom is 0.303 e. The lowest BCUT2D eigenvalue weighted by atomic mass is 10.3. The lowest BCUT2D eigenvalue weighted by Crippen LogP contribution is -2.15. The molecule has 2 heterocycles. The molecule has 0 aliphatic rings. The van der Waals surface area contributed by atoms with Gasteiger partial charge in [-0.25, -0.2) is 15.0 Å². The van der Waals surface area contributed by atoms with E-state index in [1.54, 1.807) is 14.0 Å². The summed E-state index contributed by atoms with van der Waals surface area (Å²) in [5, 5.41) is 5.51. The molecule has 2 rings (SSSR count). The molecule has 1 amide bonds. The van der Waals surface area contributed by atoms with E-state index in [1.807, 2.05) is 0 Å². The van der Waals surface area contributed by atoms with Gasteiger partial charge in [-0.15, -0.1) is 0 Å². The summed E-state index contributed by atoms with van der Waals surface area (Å²) in [6.07, 6.45) is 2.09. The van der Waals surface area contributed by atoms with Gasteiger partial charge in [-0.3, -0.25) is 4.79 Å². The number of anilines is 3. The van der Waals surface area contributed by atoms with E-state index < -0.39 is 11.7 Å². The van der Waals surface area contributed by atoms with Crippen LogP contribution in [0.5, 0.6) is 5.75 Å². The molecule has 10 heteroatoms. The molecule has 2 aromatic rings. The summed E-state index contributed by atoms with van der Waals surface area (Å²) in [5.74, 6) is -3.23. The van der Waals surface area contributed by atoms with Crippen molar-refractivity contribution >= 4 is 23.2 Å². The first-order valence-corrected chi connectivity index (χ1v) is 8.59. The number of carbonyl (C=O) groups is 1. The topological polar surface area (TPSA) is 98.3 Å². The second-order valence-electron chi connectivity index (χ2n) is 6.17. The molecule has 0 fully saturated rings. The molecule has 0 saturated heterocycles. The summed E-state index contributed by atoms with van der Waals surface area (Å²) in [7, 11) is 1.59. The number of ether oxygens (including phenoxy) is 2. The molecule has 0 unspecified atom stereocenters. The zero-order valence-corrected chi connectivity index (χ0v) is 16.2. The van der Waals surface area contributed by atoms with Crippen LogP contribution in [0.25, 0.3) is 0 Å². The number of halogens is 2. The fourth-order valence-electron chi connectivity index (χ4n) is 2.26. The Hall–Kier alpha value is -2.88. The summed E-state index contributed by atoms with van der Waals surface area (Å²) >= 11 is 0. The first-order valence-electron chi connectivity index (χ1n) is 8.59. The van der Waals surface area contributed by atoms with E-state index in [-0.39, 0.29) is 17.5 Å². The fraction of sp³-hybridized carbons (Fsp3) is 0.444. The highest BCUT2D eigenvalue weighted by Gasteiger charge is 2.29. The molecule has 0 aliphatic carbocycles. The van der Waals surface area contributed by atoms with Crippen molar-refractivity contribution in [3.05, 3.63) is 29.8 Å². The zero-order chi connectivity index (χ0) is 20.7. The first-order chi connectivity index (χ1) is 13.2. The quantitative estimate of drug-likeness (QED) is 0.628. The summed E-state index contributed by atoms with van der Waals surface area (Å²) in [6, 6.07) is 3.07. The largest absolute Gasteiger partial charge is 0.490 e. The molecule has 152 valence electrons. The highest BCUT2D eigenvalue weighted by atomic mass is 19.3. The third-order valence-electron chi connectivity index (χ3n) is 3.43. The maximum absolute atomic E-state index is 13.6. The van der Waals surface area contributed by atoms with Gasteiger partial charge < -0.3 is 20.1 Å². The Morgan fingerprint density at radius 1 is 1.21 bits per heavy atom. The van der Waals surface area contributed by atoms with Gasteiger partial charge in [0.05, 0.1) is 18.5 Å². The minimum absolute atomic E-state index is 0.172. The number of amides is 1. The maximum atomic E-state index is 13.6. The third-order valence-corrected chi connectivity index (χ3v) is 3.43. The van der Waals surface area contributed by atoms with Gasteiger partial charge in [-0.05, 0) is 6.92 Å². The predicted octanol–water partition coefficient (Wildman–Crippen LogP) is 3.41. The Morgan fingerprint density at radius 3 is 2.61 bits per heavy atom. The van der Waals surface area contributed by atoms with Crippen LogP contribution in [-0.4, -0.2) is 41.2 Å². The summed E-state index contributed by atoms with van der Waals surface area (Å²) in [5.41, 5.74) is 0.798. The molecule has 2 aromatic heterocycles. The van der Waals surface area contributed by atoms with Crippen LogP contribution in [0.15, 0.2) is 18.3 Å². The van der Waals surface area contributed by atoms with Gasteiger partial charge in [0.15, 0.2) is 5.75 Å². The number of nitrogens with one attached hydrogen (secondary N) is 2. The molecule has 0 aliphatic heterocycles.